The quantitative estimate of drug-likeness (QED) is 0.0469. The Hall–Kier alpha value is -1.18. The highest BCUT2D eigenvalue weighted by Crippen LogP contribution is 2.19. The maximum atomic E-state index is 12.8. The van der Waals surface area contributed by atoms with Crippen LogP contribution in [0.2, 0.25) is 0 Å². The van der Waals surface area contributed by atoms with Gasteiger partial charge >= 0.3 is 11.9 Å². The number of nitrogens with two attached hydrogens (primary N) is 1. The number of rotatable bonds is 45. The molecule has 0 amide bonds. The van der Waals surface area contributed by atoms with Gasteiger partial charge in [0, 0.05) is 39.0 Å². The Morgan fingerprint density at radius 1 is 0.455 bits per heavy atom. The Labute approximate surface area is 343 Å². The van der Waals surface area contributed by atoms with Crippen molar-refractivity contribution in [2.45, 2.75) is 258 Å². The van der Waals surface area contributed by atoms with Crippen LogP contribution in [0.25, 0.3) is 0 Å². The minimum absolute atomic E-state index is 0.0105. The summed E-state index contributed by atoms with van der Waals surface area (Å²) in [5, 5.41) is 3.45. The van der Waals surface area contributed by atoms with E-state index in [1.807, 2.05) is 0 Å². The fraction of sp³-hybridized carbons (Fsp3) is 0.958. The maximum absolute atomic E-state index is 12.8. The molecule has 0 aliphatic rings. The zero-order valence-corrected chi connectivity index (χ0v) is 37.6. The van der Waals surface area contributed by atoms with Gasteiger partial charge in [-0.3, -0.25) is 9.59 Å². The van der Waals surface area contributed by atoms with E-state index in [1.54, 1.807) is 0 Å². The largest absolute Gasteiger partial charge is 0.462 e. The molecule has 0 heterocycles. The standard InChI is InChI=1S/C48H97N3O4/c1-5-9-12-15-18-19-23-27-34-45(8-4)54-47(52)38-31-26-33-43-51(44-41-50-40-39-49)42-32-25-20-24-30-37-48(53)55-46(35-28-21-16-13-10-6-2)36-29-22-17-14-11-7-3/h45-46,50H,5-44,49H2,1-4H3. The van der Waals surface area contributed by atoms with Crippen molar-refractivity contribution in [1.29, 1.82) is 0 Å². The lowest BCUT2D eigenvalue weighted by molar-refractivity contribution is -0.150. The van der Waals surface area contributed by atoms with Gasteiger partial charge in [-0.15, -0.1) is 0 Å². The monoisotopic (exact) mass is 780 g/mol. The third-order valence-corrected chi connectivity index (χ3v) is 11.3. The highest BCUT2D eigenvalue weighted by molar-refractivity contribution is 5.69. The molecule has 0 bridgehead atoms. The molecule has 1 atom stereocenters. The second-order valence-corrected chi connectivity index (χ2v) is 16.7. The van der Waals surface area contributed by atoms with Crippen LogP contribution in [-0.2, 0) is 19.1 Å². The third-order valence-electron chi connectivity index (χ3n) is 11.3. The Bertz CT molecular complexity index is 781. The summed E-state index contributed by atoms with van der Waals surface area (Å²) in [4.78, 5) is 27.9. The minimum atomic E-state index is -0.0105. The van der Waals surface area contributed by atoms with E-state index in [2.05, 4.69) is 37.9 Å². The topological polar surface area (TPSA) is 93.9 Å². The highest BCUT2D eigenvalue weighted by Gasteiger charge is 2.15. The minimum Gasteiger partial charge on any atom is -0.462 e. The summed E-state index contributed by atoms with van der Waals surface area (Å²) >= 11 is 0. The van der Waals surface area contributed by atoms with Gasteiger partial charge in [0.25, 0.3) is 0 Å². The van der Waals surface area contributed by atoms with Crippen molar-refractivity contribution in [2.75, 3.05) is 39.3 Å². The van der Waals surface area contributed by atoms with Crippen LogP contribution in [0.3, 0.4) is 0 Å². The number of esters is 2. The fourth-order valence-electron chi connectivity index (χ4n) is 7.63. The van der Waals surface area contributed by atoms with Crippen molar-refractivity contribution >= 4 is 11.9 Å². The lowest BCUT2D eigenvalue weighted by Crippen LogP contribution is -2.35. The van der Waals surface area contributed by atoms with Gasteiger partial charge in [0.1, 0.15) is 12.2 Å². The van der Waals surface area contributed by atoms with Crippen LogP contribution in [0.15, 0.2) is 0 Å². The van der Waals surface area contributed by atoms with Crippen molar-refractivity contribution in [3.8, 4) is 0 Å². The lowest BCUT2D eigenvalue weighted by atomic mass is 10.0. The van der Waals surface area contributed by atoms with E-state index in [1.165, 1.54) is 148 Å². The van der Waals surface area contributed by atoms with Gasteiger partial charge in [-0.25, -0.2) is 0 Å². The van der Waals surface area contributed by atoms with Gasteiger partial charge in [0.15, 0.2) is 0 Å². The van der Waals surface area contributed by atoms with E-state index >= 15 is 0 Å². The maximum Gasteiger partial charge on any atom is 0.306 e. The first-order valence-corrected chi connectivity index (χ1v) is 24.5. The predicted octanol–water partition coefficient (Wildman–Crippen LogP) is 13.0. The Kier molecular flexibility index (Phi) is 43.0. The third kappa shape index (κ3) is 39.4. The fourth-order valence-corrected chi connectivity index (χ4v) is 7.63. The first-order chi connectivity index (χ1) is 27.0. The molecule has 0 spiro atoms. The number of ether oxygens (including phenoxy) is 2. The smallest absolute Gasteiger partial charge is 0.306 e. The first-order valence-electron chi connectivity index (χ1n) is 24.5. The summed E-state index contributed by atoms with van der Waals surface area (Å²) in [6.45, 7) is 14.6. The molecular formula is C48H97N3O4. The molecular weight excluding hydrogens is 683 g/mol. The van der Waals surface area contributed by atoms with Crippen molar-refractivity contribution in [3.05, 3.63) is 0 Å². The van der Waals surface area contributed by atoms with Gasteiger partial charge in [0.2, 0.25) is 0 Å². The van der Waals surface area contributed by atoms with E-state index in [0.717, 1.165) is 90.5 Å². The molecule has 328 valence electrons. The Morgan fingerprint density at radius 2 is 0.818 bits per heavy atom. The second-order valence-electron chi connectivity index (χ2n) is 16.7. The van der Waals surface area contributed by atoms with Crippen LogP contribution in [0.4, 0.5) is 0 Å². The molecule has 3 N–H and O–H groups in total. The molecule has 0 fully saturated rings. The molecule has 1 unspecified atom stereocenters. The number of nitrogens with one attached hydrogen (secondary N) is 1. The van der Waals surface area contributed by atoms with Crippen LogP contribution in [0.1, 0.15) is 246 Å². The Morgan fingerprint density at radius 3 is 1.25 bits per heavy atom. The van der Waals surface area contributed by atoms with Gasteiger partial charge < -0.3 is 25.4 Å². The highest BCUT2D eigenvalue weighted by atomic mass is 16.5. The molecule has 0 rings (SSSR count). The van der Waals surface area contributed by atoms with E-state index in [-0.39, 0.29) is 24.1 Å². The predicted molar refractivity (Wildman–Crippen MR) is 238 cm³/mol. The van der Waals surface area contributed by atoms with Crippen LogP contribution >= 0.6 is 0 Å². The summed E-state index contributed by atoms with van der Waals surface area (Å²) in [7, 11) is 0. The van der Waals surface area contributed by atoms with Crippen molar-refractivity contribution in [3.63, 3.8) is 0 Å². The Balaban J connectivity index is 4.31. The SMILES string of the molecule is CCCCCCCCCCC(CC)OC(=O)CCCCCN(CCCCCCCC(=O)OC(CCCCCCCC)CCCCCCCC)CCNCCN. The average Bonchev–Trinajstić information content (AvgIpc) is 3.18. The number of hydrogen-bond donors (Lipinski definition) is 2. The van der Waals surface area contributed by atoms with Gasteiger partial charge in [-0.2, -0.15) is 0 Å². The molecule has 7 heteroatoms. The number of nitrogens with zero attached hydrogens (tertiary/aromatic N) is 1. The van der Waals surface area contributed by atoms with E-state index in [0.29, 0.717) is 19.4 Å². The van der Waals surface area contributed by atoms with E-state index < -0.39 is 0 Å². The average molecular weight is 780 g/mol. The van der Waals surface area contributed by atoms with Gasteiger partial charge in [-0.1, -0.05) is 163 Å². The number of hydrogen-bond acceptors (Lipinski definition) is 7. The van der Waals surface area contributed by atoms with E-state index in [9.17, 15) is 9.59 Å². The molecule has 0 aromatic heterocycles. The molecule has 0 aliphatic carbocycles. The summed E-state index contributed by atoms with van der Waals surface area (Å²) in [6.07, 6.45) is 39.9. The van der Waals surface area contributed by atoms with Gasteiger partial charge in [-0.05, 0) is 83.7 Å². The molecule has 7 nitrogen and oxygen atoms in total. The van der Waals surface area contributed by atoms with Crippen LogP contribution in [0, 0.1) is 0 Å². The molecule has 0 aromatic rings. The number of unbranched alkanes of at least 4 members (excludes halogenated alkanes) is 23. The van der Waals surface area contributed by atoms with Crippen molar-refractivity contribution < 1.29 is 19.1 Å². The molecule has 0 aromatic carbocycles. The van der Waals surface area contributed by atoms with Crippen LogP contribution in [-0.4, -0.2) is 68.3 Å². The zero-order chi connectivity index (χ0) is 40.3. The lowest BCUT2D eigenvalue weighted by Gasteiger charge is -2.22. The van der Waals surface area contributed by atoms with Crippen molar-refractivity contribution in [1.82, 2.24) is 10.2 Å². The van der Waals surface area contributed by atoms with E-state index in [4.69, 9.17) is 15.2 Å². The summed E-state index contributed by atoms with van der Waals surface area (Å²) in [5.41, 5.74) is 5.69. The van der Waals surface area contributed by atoms with Crippen molar-refractivity contribution in [2.24, 2.45) is 5.73 Å². The zero-order valence-electron chi connectivity index (χ0n) is 37.6. The molecule has 0 radical (unpaired) electrons. The first kappa shape index (κ1) is 53.8. The number of carbonyl (C=O) groups excluding carboxylic acids is 2. The molecule has 55 heavy (non-hydrogen) atoms. The summed E-state index contributed by atoms with van der Waals surface area (Å²) in [6, 6.07) is 0. The molecule has 0 saturated carbocycles. The number of carbonyl (C=O) groups is 2. The summed E-state index contributed by atoms with van der Waals surface area (Å²) < 4.78 is 11.9. The molecule has 0 aliphatic heterocycles. The van der Waals surface area contributed by atoms with Crippen LogP contribution in [0.5, 0.6) is 0 Å². The normalized spacial score (nSPS) is 12.2. The van der Waals surface area contributed by atoms with Crippen LogP contribution < -0.4 is 11.1 Å². The second kappa shape index (κ2) is 43.9. The molecule has 0 saturated heterocycles. The van der Waals surface area contributed by atoms with Gasteiger partial charge in [0.05, 0.1) is 0 Å². The summed E-state index contributed by atoms with van der Waals surface area (Å²) in [5.74, 6) is 0.0130.